The fourth-order valence-electron chi connectivity index (χ4n) is 2.03. The molecule has 0 radical (unpaired) electrons. The molecule has 1 heterocycles. The van der Waals surface area contributed by atoms with Gasteiger partial charge in [0.25, 0.3) is 0 Å². The van der Waals surface area contributed by atoms with Gasteiger partial charge in [-0.15, -0.1) is 11.6 Å². The second-order valence-electron chi connectivity index (χ2n) is 4.14. The van der Waals surface area contributed by atoms with Gasteiger partial charge in [-0.25, -0.2) is 9.59 Å². The highest BCUT2D eigenvalue weighted by Crippen LogP contribution is 2.29. The summed E-state index contributed by atoms with van der Waals surface area (Å²) in [6.45, 7) is 0. The number of methoxy groups -OCH3 is 1. The van der Waals surface area contributed by atoms with E-state index in [-0.39, 0.29) is 22.9 Å². The molecule has 0 spiro atoms. The van der Waals surface area contributed by atoms with Crippen LogP contribution in [-0.2, 0) is 9.53 Å². The number of ether oxygens (including phenoxy) is 1. The summed E-state index contributed by atoms with van der Waals surface area (Å²) in [5.41, 5.74) is 1.06. The van der Waals surface area contributed by atoms with Crippen LogP contribution in [0.1, 0.15) is 11.6 Å². The summed E-state index contributed by atoms with van der Waals surface area (Å²) in [6, 6.07) is 5.07. The lowest BCUT2D eigenvalue weighted by Crippen LogP contribution is -2.46. The number of urea groups is 1. The standard InChI is InChI=1S/C13H13ClN2O4/c1-20-12(18)10-9(6-14)15-13(19)16-11(10)7-3-2-4-8(17)5-7/h2-5,11,17H,6H2,1H3,(H2,15,16,19)/t11-/m1/s1. The zero-order valence-electron chi connectivity index (χ0n) is 10.6. The number of benzene rings is 1. The number of hydrogen-bond acceptors (Lipinski definition) is 4. The Morgan fingerprint density at radius 2 is 2.25 bits per heavy atom. The van der Waals surface area contributed by atoms with Gasteiger partial charge >= 0.3 is 12.0 Å². The number of phenols is 1. The van der Waals surface area contributed by atoms with E-state index in [1.165, 1.54) is 19.2 Å². The maximum Gasteiger partial charge on any atom is 0.338 e. The number of carbonyl (C=O) groups is 2. The number of amides is 2. The van der Waals surface area contributed by atoms with Crippen molar-refractivity contribution in [2.75, 3.05) is 13.0 Å². The number of allylic oxidation sites excluding steroid dienone is 1. The number of alkyl halides is 1. The summed E-state index contributed by atoms with van der Waals surface area (Å²) in [4.78, 5) is 23.5. The highest BCUT2D eigenvalue weighted by molar-refractivity contribution is 6.20. The van der Waals surface area contributed by atoms with Crippen LogP contribution in [0.3, 0.4) is 0 Å². The third-order valence-corrected chi connectivity index (χ3v) is 3.16. The summed E-state index contributed by atoms with van der Waals surface area (Å²) in [7, 11) is 1.25. The Hall–Kier alpha value is -2.21. The van der Waals surface area contributed by atoms with Crippen molar-refractivity contribution in [1.29, 1.82) is 0 Å². The van der Waals surface area contributed by atoms with E-state index in [4.69, 9.17) is 16.3 Å². The van der Waals surface area contributed by atoms with E-state index >= 15 is 0 Å². The molecule has 1 atom stereocenters. The molecule has 1 aromatic carbocycles. The third-order valence-electron chi connectivity index (χ3n) is 2.90. The van der Waals surface area contributed by atoms with E-state index in [0.29, 0.717) is 5.56 Å². The fraction of sp³-hybridized carbons (Fsp3) is 0.231. The van der Waals surface area contributed by atoms with Crippen molar-refractivity contribution in [1.82, 2.24) is 10.6 Å². The highest BCUT2D eigenvalue weighted by atomic mass is 35.5. The minimum Gasteiger partial charge on any atom is -0.508 e. The maximum absolute atomic E-state index is 11.9. The first-order valence-electron chi connectivity index (χ1n) is 5.80. The molecule has 0 saturated heterocycles. The number of nitrogens with one attached hydrogen (secondary N) is 2. The van der Waals surface area contributed by atoms with Crippen LogP contribution in [0.15, 0.2) is 35.5 Å². The summed E-state index contributed by atoms with van der Waals surface area (Å²) < 4.78 is 4.73. The Morgan fingerprint density at radius 3 is 2.85 bits per heavy atom. The van der Waals surface area contributed by atoms with Gasteiger partial charge in [0.1, 0.15) is 5.75 Å². The Labute approximate surface area is 120 Å². The molecule has 1 aromatic rings. The maximum atomic E-state index is 11.9. The Balaban J connectivity index is 2.53. The number of aromatic hydroxyl groups is 1. The van der Waals surface area contributed by atoms with Crippen LogP contribution < -0.4 is 10.6 Å². The molecular formula is C13H13ClN2O4. The first kappa shape index (κ1) is 14.2. The van der Waals surface area contributed by atoms with Crippen LogP contribution in [0.4, 0.5) is 4.79 Å². The van der Waals surface area contributed by atoms with Crippen LogP contribution in [0.2, 0.25) is 0 Å². The van der Waals surface area contributed by atoms with Gasteiger partial charge in [-0.05, 0) is 17.7 Å². The van der Waals surface area contributed by atoms with Gasteiger partial charge < -0.3 is 20.5 Å². The van der Waals surface area contributed by atoms with Gasteiger partial charge in [0.2, 0.25) is 0 Å². The smallest absolute Gasteiger partial charge is 0.338 e. The lowest BCUT2D eigenvalue weighted by molar-refractivity contribution is -0.136. The molecule has 106 valence electrons. The second-order valence-corrected chi connectivity index (χ2v) is 4.41. The average Bonchev–Trinajstić information content (AvgIpc) is 2.45. The normalized spacial score (nSPS) is 18.3. The Kier molecular flexibility index (Phi) is 4.14. The first-order chi connectivity index (χ1) is 9.56. The molecule has 3 N–H and O–H groups in total. The van der Waals surface area contributed by atoms with Crippen LogP contribution >= 0.6 is 11.6 Å². The van der Waals surface area contributed by atoms with Gasteiger partial charge in [0, 0.05) is 5.70 Å². The van der Waals surface area contributed by atoms with Crippen molar-refractivity contribution in [3.8, 4) is 5.75 Å². The number of rotatable bonds is 3. The predicted octanol–water partition coefficient (Wildman–Crippen LogP) is 1.41. The number of carbonyl (C=O) groups excluding carboxylic acids is 2. The van der Waals surface area contributed by atoms with Crippen LogP contribution in [0.25, 0.3) is 0 Å². The average molecular weight is 297 g/mol. The fourth-order valence-corrected chi connectivity index (χ4v) is 2.24. The molecule has 7 heteroatoms. The number of halogens is 1. The SMILES string of the molecule is COC(=O)C1=C(CCl)NC(=O)N[C@@H]1c1cccc(O)c1. The van der Waals surface area contributed by atoms with Crippen molar-refractivity contribution in [3.05, 3.63) is 41.1 Å². The molecule has 6 nitrogen and oxygen atoms in total. The summed E-state index contributed by atoms with van der Waals surface area (Å²) in [5.74, 6) is -0.596. The molecule has 0 aromatic heterocycles. The Bertz CT molecular complexity index is 585. The lowest BCUT2D eigenvalue weighted by Gasteiger charge is -2.28. The van der Waals surface area contributed by atoms with Crippen molar-refractivity contribution in [2.24, 2.45) is 0 Å². The molecule has 1 aliphatic rings. The zero-order chi connectivity index (χ0) is 14.7. The van der Waals surface area contributed by atoms with E-state index in [1.54, 1.807) is 12.1 Å². The zero-order valence-corrected chi connectivity index (χ0v) is 11.4. The van der Waals surface area contributed by atoms with Crippen LogP contribution in [0.5, 0.6) is 5.75 Å². The van der Waals surface area contributed by atoms with Crippen molar-refractivity contribution in [3.63, 3.8) is 0 Å². The number of phenolic OH excluding ortho intramolecular Hbond substituents is 1. The summed E-state index contributed by atoms with van der Waals surface area (Å²) in [6.07, 6.45) is 0. The number of hydrogen-bond donors (Lipinski definition) is 3. The van der Waals surface area contributed by atoms with Gasteiger partial charge in [-0.3, -0.25) is 0 Å². The van der Waals surface area contributed by atoms with E-state index < -0.39 is 18.0 Å². The van der Waals surface area contributed by atoms with Gasteiger partial charge in [0.05, 0.1) is 24.6 Å². The second kappa shape index (κ2) is 5.83. The van der Waals surface area contributed by atoms with Gasteiger partial charge in [0.15, 0.2) is 0 Å². The molecule has 0 aliphatic carbocycles. The topological polar surface area (TPSA) is 87.7 Å². The predicted molar refractivity (Wildman–Crippen MR) is 72.3 cm³/mol. The van der Waals surface area contributed by atoms with E-state index in [1.807, 2.05) is 0 Å². The minimum absolute atomic E-state index is 0.0342. The largest absolute Gasteiger partial charge is 0.508 e. The lowest BCUT2D eigenvalue weighted by atomic mass is 9.95. The summed E-state index contributed by atoms with van der Waals surface area (Å²) >= 11 is 5.77. The molecule has 1 aliphatic heterocycles. The summed E-state index contributed by atoms with van der Waals surface area (Å²) in [5, 5.41) is 14.6. The van der Waals surface area contributed by atoms with E-state index in [0.717, 1.165) is 0 Å². The first-order valence-corrected chi connectivity index (χ1v) is 6.34. The minimum atomic E-state index is -0.725. The van der Waals surface area contributed by atoms with Gasteiger partial charge in [-0.2, -0.15) is 0 Å². The monoisotopic (exact) mass is 296 g/mol. The molecule has 2 rings (SSSR count). The van der Waals surface area contributed by atoms with E-state index in [2.05, 4.69) is 10.6 Å². The van der Waals surface area contributed by atoms with Crippen LogP contribution in [-0.4, -0.2) is 30.1 Å². The molecular weight excluding hydrogens is 284 g/mol. The quantitative estimate of drug-likeness (QED) is 0.581. The molecule has 0 saturated carbocycles. The molecule has 0 bridgehead atoms. The molecule has 0 fully saturated rings. The van der Waals surface area contributed by atoms with Crippen molar-refractivity contribution < 1.29 is 19.4 Å². The molecule has 0 unspecified atom stereocenters. The number of esters is 1. The van der Waals surface area contributed by atoms with Crippen molar-refractivity contribution in [2.45, 2.75) is 6.04 Å². The highest BCUT2D eigenvalue weighted by Gasteiger charge is 2.33. The van der Waals surface area contributed by atoms with Crippen LogP contribution in [0, 0.1) is 0 Å². The molecule has 2 amide bonds. The van der Waals surface area contributed by atoms with Gasteiger partial charge in [-0.1, -0.05) is 12.1 Å². The van der Waals surface area contributed by atoms with E-state index in [9.17, 15) is 14.7 Å². The third kappa shape index (κ3) is 2.70. The van der Waals surface area contributed by atoms with Crippen molar-refractivity contribution >= 4 is 23.6 Å². The molecule has 20 heavy (non-hydrogen) atoms. The Morgan fingerprint density at radius 1 is 1.50 bits per heavy atom.